The first-order valence-corrected chi connectivity index (χ1v) is 8.98. The summed E-state index contributed by atoms with van der Waals surface area (Å²) in [7, 11) is 7.62. The van der Waals surface area contributed by atoms with Crippen molar-refractivity contribution in [1.82, 2.24) is 15.5 Å². The Morgan fingerprint density at radius 2 is 1.96 bits per heavy atom. The molecule has 0 aliphatic heterocycles. The normalized spacial score (nSPS) is 15.2. The van der Waals surface area contributed by atoms with E-state index in [1.807, 2.05) is 18.2 Å². The predicted octanol–water partition coefficient (Wildman–Crippen LogP) is 2.72. The SMILES string of the molecule is CCNC(=NCc1ccc(OC)cc1OC)NCC(C1CC1)N(C)C.I. The topological polar surface area (TPSA) is 58.1 Å². The molecule has 1 atom stereocenters. The van der Waals surface area contributed by atoms with E-state index in [2.05, 4.69) is 36.6 Å². The number of benzene rings is 1. The number of rotatable bonds is 9. The van der Waals surface area contributed by atoms with Gasteiger partial charge in [-0.2, -0.15) is 0 Å². The van der Waals surface area contributed by atoms with Crippen molar-refractivity contribution in [2.75, 3.05) is 41.4 Å². The van der Waals surface area contributed by atoms with Gasteiger partial charge in [0.15, 0.2) is 5.96 Å². The Morgan fingerprint density at radius 1 is 1.23 bits per heavy atom. The highest BCUT2D eigenvalue weighted by molar-refractivity contribution is 14.0. The highest BCUT2D eigenvalue weighted by Crippen LogP contribution is 2.34. The molecule has 0 amide bonds. The maximum Gasteiger partial charge on any atom is 0.191 e. The maximum absolute atomic E-state index is 5.45. The maximum atomic E-state index is 5.45. The molecular weight excluding hydrogens is 443 g/mol. The first-order chi connectivity index (χ1) is 12.1. The van der Waals surface area contributed by atoms with Gasteiger partial charge in [0.1, 0.15) is 11.5 Å². The molecule has 1 aromatic carbocycles. The second-order valence-electron chi connectivity index (χ2n) is 6.62. The first-order valence-electron chi connectivity index (χ1n) is 8.98. The van der Waals surface area contributed by atoms with Gasteiger partial charge >= 0.3 is 0 Å². The zero-order chi connectivity index (χ0) is 18.2. The van der Waals surface area contributed by atoms with Crippen molar-refractivity contribution in [3.8, 4) is 11.5 Å². The number of halogens is 1. The molecule has 7 heteroatoms. The molecule has 1 unspecified atom stereocenters. The predicted molar refractivity (Wildman–Crippen MR) is 118 cm³/mol. The summed E-state index contributed by atoms with van der Waals surface area (Å²) in [5.41, 5.74) is 1.03. The Labute approximate surface area is 174 Å². The number of guanidine groups is 1. The van der Waals surface area contributed by atoms with Crippen molar-refractivity contribution in [2.24, 2.45) is 10.9 Å². The fourth-order valence-corrected chi connectivity index (χ4v) is 2.94. The molecule has 2 rings (SSSR count). The lowest BCUT2D eigenvalue weighted by molar-refractivity contribution is 0.264. The van der Waals surface area contributed by atoms with Gasteiger partial charge in [0.2, 0.25) is 0 Å². The largest absolute Gasteiger partial charge is 0.497 e. The van der Waals surface area contributed by atoms with Gasteiger partial charge in [-0.3, -0.25) is 0 Å². The van der Waals surface area contributed by atoms with Crippen molar-refractivity contribution < 1.29 is 9.47 Å². The van der Waals surface area contributed by atoms with E-state index in [0.29, 0.717) is 12.6 Å². The van der Waals surface area contributed by atoms with E-state index < -0.39 is 0 Å². The summed E-state index contributed by atoms with van der Waals surface area (Å²) in [6.45, 7) is 4.37. The second-order valence-corrected chi connectivity index (χ2v) is 6.62. The minimum Gasteiger partial charge on any atom is -0.497 e. The Bertz CT molecular complexity index is 575. The molecule has 1 aromatic rings. The quantitative estimate of drug-likeness (QED) is 0.326. The summed E-state index contributed by atoms with van der Waals surface area (Å²) in [6.07, 6.45) is 2.67. The van der Waals surface area contributed by atoms with Gasteiger partial charge in [-0.15, -0.1) is 24.0 Å². The summed E-state index contributed by atoms with van der Waals surface area (Å²) in [5.74, 6) is 3.23. The molecule has 2 N–H and O–H groups in total. The number of aliphatic imine (C=N–C) groups is 1. The fourth-order valence-electron chi connectivity index (χ4n) is 2.94. The molecule has 0 aromatic heterocycles. The molecule has 1 fully saturated rings. The van der Waals surface area contributed by atoms with Crippen molar-refractivity contribution in [2.45, 2.75) is 32.4 Å². The van der Waals surface area contributed by atoms with Gasteiger partial charge in [0.25, 0.3) is 0 Å². The highest BCUT2D eigenvalue weighted by Gasteiger charge is 2.32. The summed E-state index contributed by atoms with van der Waals surface area (Å²) in [6, 6.07) is 6.38. The van der Waals surface area contributed by atoms with Crippen LogP contribution in [-0.4, -0.2) is 58.3 Å². The zero-order valence-electron chi connectivity index (χ0n) is 16.5. The molecule has 0 radical (unpaired) electrons. The smallest absolute Gasteiger partial charge is 0.191 e. The first kappa shape index (κ1) is 22.8. The molecule has 148 valence electrons. The molecule has 26 heavy (non-hydrogen) atoms. The molecule has 0 bridgehead atoms. The van der Waals surface area contributed by atoms with Gasteiger partial charge in [-0.1, -0.05) is 0 Å². The Balaban J connectivity index is 0.00000338. The molecule has 1 aliphatic rings. The lowest BCUT2D eigenvalue weighted by Crippen LogP contribution is -2.46. The Kier molecular flexibility index (Phi) is 10.1. The van der Waals surface area contributed by atoms with Gasteiger partial charge in [0, 0.05) is 30.8 Å². The second kappa shape index (κ2) is 11.5. The minimum atomic E-state index is 0. The van der Waals surface area contributed by atoms with Crippen molar-refractivity contribution in [1.29, 1.82) is 0 Å². The van der Waals surface area contributed by atoms with Crippen LogP contribution in [0.15, 0.2) is 23.2 Å². The van der Waals surface area contributed by atoms with Gasteiger partial charge in [-0.25, -0.2) is 4.99 Å². The number of nitrogens with zero attached hydrogens (tertiary/aromatic N) is 2. The molecule has 0 heterocycles. The molecule has 0 saturated heterocycles. The lowest BCUT2D eigenvalue weighted by atomic mass is 10.1. The van der Waals surface area contributed by atoms with Crippen LogP contribution in [0.5, 0.6) is 11.5 Å². The van der Waals surface area contributed by atoms with E-state index in [1.165, 1.54) is 12.8 Å². The minimum absolute atomic E-state index is 0. The van der Waals surface area contributed by atoms with Crippen molar-refractivity contribution >= 4 is 29.9 Å². The third kappa shape index (κ3) is 6.83. The van der Waals surface area contributed by atoms with E-state index in [4.69, 9.17) is 14.5 Å². The monoisotopic (exact) mass is 476 g/mol. The van der Waals surface area contributed by atoms with E-state index in [9.17, 15) is 0 Å². The number of likely N-dealkylation sites (N-methyl/N-ethyl adjacent to an activating group) is 1. The molecular formula is C19H33IN4O2. The Morgan fingerprint density at radius 3 is 2.50 bits per heavy atom. The fraction of sp³-hybridized carbons (Fsp3) is 0.632. The number of methoxy groups -OCH3 is 2. The summed E-state index contributed by atoms with van der Waals surface area (Å²) >= 11 is 0. The van der Waals surface area contributed by atoms with Crippen molar-refractivity contribution in [3.05, 3.63) is 23.8 Å². The standard InChI is InChI=1S/C19H32N4O2.HI/c1-6-20-19(22-13-17(23(2)3)14-7-8-14)21-12-15-9-10-16(24-4)11-18(15)25-5;/h9-11,14,17H,6-8,12-13H2,1-5H3,(H2,20,21,22);1H. The molecule has 1 aliphatic carbocycles. The summed E-state index contributed by atoms with van der Waals surface area (Å²) in [5, 5.41) is 6.81. The van der Waals surface area contributed by atoms with E-state index in [-0.39, 0.29) is 24.0 Å². The van der Waals surface area contributed by atoms with Crippen LogP contribution in [0, 0.1) is 5.92 Å². The molecule has 1 saturated carbocycles. The van der Waals surface area contributed by atoms with Crippen molar-refractivity contribution in [3.63, 3.8) is 0 Å². The van der Waals surface area contributed by atoms with Crippen LogP contribution in [0.4, 0.5) is 0 Å². The average molecular weight is 476 g/mol. The number of nitrogens with one attached hydrogen (secondary N) is 2. The Hall–Kier alpha value is -1.22. The zero-order valence-corrected chi connectivity index (χ0v) is 18.9. The average Bonchev–Trinajstić information content (AvgIpc) is 3.44. The lowest BCUT2D eigenvalue weighted by Gasteiger charge is -2.25. The van der Waals surface area contributed by atoms with Crippen LogP contribution in [0.1, 0.15) is 25.3 Å². The third-order valence-electron chi connectivity index (χ3n) is 4.55. The van der Waals surface area contributed by atoms with Gasteiger partial charge in [0.05, 0.1) is 20.8 Å². The van der Waals surface area contributed by atoms with Crippen LogP contribution in [0.3, 0.4) is 0 Å². The highest BCUT2D eigenvalue weighted by atomic mass is 127. The van der Waals surface area contributed by atoms with Crippen LogP contribution in [0.2, 0.25) is 0 Å². The van der Waals surface area contributed by atoms with Crippen LogP contribution >= 0.6 is 24.0 Å². The molecule has 6 nitrogen and oxygen atoms in total. The van der Waals surface area contributed by atoms with E-state index in [1.54, 1.807) is 14.2 Å². The number of hydrogen-bond donors (Lipinski definition) is 2. The third-order valence-corrected chi connectivity index (χ3v) is 4.55. The molecule has 0 spiro atoms. The summed E-state index contributed by atoms with van der Waals surface area (Å²) in [4.78, 5) is 7.02. The van der Waals surface area contributed by atoms with Gasteiger partial charge < -0.3 is 25.0 Å². The van der Waals surface area contributed by atoms with Crippen LogP contribution in [-0.2, 0) is 6.54 Å². The summed E-state index contributed by atoms with van der Waals surface area (Å²) < 4.78 is 10.7. The van der Waals surface area contributed by atoms with Crippen LogP contribution in [0.25, 0.3) is 0 Å². The van der Waals surface area contributed by atoms with Crippen LogP contribution < -0.4 is 20.1 Å². The van der Waals surface area contributed by atoms with E-state index >= 15 is 0 Å². The van der Waals surface area contributed by atoms with Gasteiger partial charge in [-0.05, 0) is 51.9 Å². The number of hydrogen-bond acceptors (Lipinski definition) is 4. The van der Waals surface area contributed by atoms with E-state index in [0.717, 1.165) is 42.0 Å². The number of ether oxygens (including phenoxy) is 2.